The van der Waals surface area contributed by atoms with Crippen molar-refractivity contribution in [3.63, 3.8) is 0 Å². The van der Waals surface area contributed by atoms with E-state index in [1.54, 1.807) is 30.6 Å². The Morgan fingerprint density at radius 1 is 0.667 bits per heavy atom. The molecule has 0 radical (unpaired) electrons. The van der Waals surface area contributed by atoms with Crippen LogP contribution in [0.15, 0.2) is 105 Å². The molecule has 0 aromatic heterocycles. The quantitative estimate of drug-likeness (QED) is 0.258. The van der Waals surface area contributed by atoms with Crippen molar-refractivity contribution >= 4 is 46.3 Å². The molecule has 0 fully saturated rings. The van der Waals surface area contributed by atoms with Crippen LogP contribution in [0.25, 0.3) is 0 Å². The van der Waals surface area contributed by atoms with Gasteiger partial charge in [-0.2, -0.15) is 0 Å². The predicted molar refractivity (Wildman–Crippen MR) is 145 cm³/mol. The van der Waals surface area contributed by atoms with Crippen LogP contribution in [0.4, 0.5) is 22.7 Å². The van der Waals surface area contributed by atoms with Gasteiger partial charge in [-0.25, -0.2) is 0 Å². The second-order valence-corrected chi connectivity index (χ2v) is 11.6. The summed E-state index contributed by atoms with van der Waals surface area (Å²) in [6.07, 6.45) is 0. The topological polar surface area (TPSA) is 40.0 Å². The molecule has 4 aromatic rings. The van der Waals surface area contributed by atoms with Crippen molar-refractivity contribution in [3.05, 3.63) is 102 Å². The van der Waals surface area contributed by atoms with Crippen molar-refractivity contribution in [3.8, 4) is 5.75 Å². The van der Waals surface area contributed by atoms with E-state index < -0.39 is 4.33 Å². The first-order valence-electron chi connectivity index (χ1n) is 11.8. The average Bonchev–Trinajstić information content (AvgIpc) is 2.90. The zero-order chi connectivity index (χ0) is 24.9. The number of hydrogen-bond donors (Lipinski definition) is 0. The van der Waals surface area contributed by atoms with Gasteiger partial charge in [0, 0.05) is 50.0 Å². The third kappa shape index (κ3) is 3.74. The number of nitrogens with zero attached hydrogens (tertiary/aromatic N) is 4. The molecule has 1 atom stereocenters. The molecule has 0 bridgehead atoms. The zero-order valence-corrected chi connectivity index (χ0v) is 22.2. The number of azo groups is 4. The fourth-order valence-corrected chi connectivity index (χ4v) is 7.64. The Morgan fingerprint density at radius 3 is 1.69 bits per heavy atom. The van der Waals surface area contributed by atoms with E-state index in [2.05, 4.69) is 96.9 Å². The van der Waals surface area contributed by atoms with Crippen LogP contribution in [-0.2, 0) is 0 Å². The van der Waals surface area contributed by atoms with Crippen LogP contribution in [0.2, 0.25) is 0 Å². The number of fused-ring (bicyclic) bond motifs is 2. The van der Waals surface area contributed by atoms with Gasteiger partial charge in [-0.3, -0.25) is 0 Å². The molecule has 6 rings (SSSR count). The standard InChI is InChI=1S/C29H26N4OS2/c1-19-15-20(2)27-25(16-19)30-32(22-11-7-5-8-12-22)29(35-27)33(23-13-9-6-10-14-23)31-26-18-24(34-4)17-21(3)28(26)36-29/h5-18H,1-4H3/q+2/t29-/m0/s1. The highest BCUT2D eigenvalue weighted by molar-refractivity contribution is 8.17. The maximum absolute atomic E-state index is 5.58. The van der Waals surface area contributed by atoms with Gasteiger partial charge in [-0.15, -0.1) is 0 Å². The van der Waals surface area contributed by atoms with Gasteiger partial charge in [0.2, 0.25) is 11.4 Å². The lowest BCUT2D eigenvalue weighted by Crippen LogP contribution is -2.43. The normalized spacial score (nSPS) is 18.2. The van der Waals surface area contributed by atoms with E-state index in [-0.39, 0.29) is 0 Å². The van der Waals surface area contributed by atoms with E-state index in [1.165, 1.54) is 16.0 Å². The number of aryl methyl sites for hydroxylation is 3. The van der Waals surface area contributed by atoms with Crippen LogP contribution < -0.4 is 4.74 Å². The molecule has 2 heterocycles. The van der Waals surface area contributed by atoms with Crippen molar-refractivity contribution in [2.75, 3.05) is 7.11 Å². The van der Waals surface area contributed by atoms with Crippen LogP contribution in [0.1, 0.15) is 16.7 Å². The Morgan fingerprint density at radius 2 is 1.17 bits per heavy atom. The monoisotopic (exact) mass is 510 g/mol. The molecule has 178 valence electrons. The minimum atomic E-state index is -0.720. The molecule has 0 aliphatic carbocycles. The molecule has 0 N–H and O–H groups in total. The van der Waals surface area contributed by atoms with Crippen LogP contribution in [0.5, 0.6) is 5.75 Å². The summed E-state index contributed by atoms with van der Waals surface area (Å²) >= 11 is 3.58. The first-order valence-corrected chi connectivity index (χ1v) is 13.4. The third-order valence-electron chi connectivity index (χ3n) is 6.29. The van der Waals surface area contributed by atoms with Crippen LogP contribution in [0.3, 0.4) is 0 Å². The number of hydrogen-bond acceptors (Lipinski definition) is 5. The molecule has 0 amide bonds. The maximum Gasteiger partial charge on any atom is 0.516 e. The SMILES string of the molecule is COc1cc(C)c2c(c1)N=[N+](c1ccccc1)[C@@]1(Sc3c(C)cc(C)cc3N=[N+]1c1ccccc1)S2. The third-order valence-corrected chi connectivity index (χ3v) is 9.48. The van der Waals surface area contributed by atoms with Crippen molar-refractivity contribution in [2.45, 2.75) is 34.9 Å². The van der Waals surface area contributed by atoms with E-state index in [1.807, 2.05) is 18.2 Å². The van der Waals surface area contributed by atoms with E-state index in [4.69, 9.17) is 15.0 Å². The number of methoxy groups -OCH3 is 1. The summed E-state index contributed by atoms with van der Waals surface area (Å²) in [5.41, 5.74) is 7.43. The van der Waals surface area contributed by atoms with E-state index in [0.717, 1.165) is 39.0 Å². The van der Waals surface area contributed by atoms with Crippen molar-refractivity contribution < 1.29 is 14.1 Å². The molecular weight excluding hydrogens is 484 g/mol. The summed E-state index contributed by atoms with van der Waals surface area (Å²) in [5, 5.41) is 10.6. The number of thioether (sulfide) groups is 2. The summed E-state index contributed by atoms with van der Waals surface area (Å²) in [6.45, 7) is 6.41. The average molecular weight is 511 g/mol. The molecule has 5 nitrogen and oxygen atoms in total. The summed E-state index contributed by atoms with van der Waals surface area (Å²) in [6, 6.07) is 29.2. The van der Waals surface area contributed by atoms with Crippen molar-refractivity contribution in [1.29, 1.82) is 0 Å². The van der Waals surface area contributed by atoms with Crippen LogP contribution in [0, 0.1) is 20.8 Å². The van der Waals surface area contributed by atoms with E-state index in [9.17, 15) is 0 Å². The first-order chi connectivity index (χ1) is 17.5. The lowest BCUT2D eigenvalue weighted by atomic mass is 10.1. The van der Waals surface area contributed by atoms with Gasteiger partial charge in [-0.05, 0) is 49.6 Å². The second-order valence-electron chi connectivity index (χ2n) is 8.97. The van der Waals surface area contributed by atoms with Gasteiger partial charge < -0.3 is 4.74 Å². The second kappa shape index (κ2) is 8.91. The molecule has 0 saturated heterocycles. The fourth-order valence-electron chi connectivity index (χ4n) is 4.66. The van der Waals surface area contributed by atoms with Crippen molar-refractivity contribution in [1.82, 2.24) is 0 Å². The number of benzene rings is 4. The van der Waals surface area contributed by atoms with Crippen LogP contribution in [-0.4, -0.2) is 20.8 Å². The largest absolute Gasteiger partial charge is 0.516 e. The maximum atomic E-state index is 5.58. The Kier molecular flexibility index (Phi) is 5.69. The Hall–Kier alpha value is -3.42. The molecule has 0 unspecified atom stereocenters. The molecule has 36 heavy (non-hydrogen) atoms. The first kappa shape index (κ1) is 23.0. The Labute approximate surface area is 219 Å². The van der Waals surface area contributed by atoms with Gasteiger partial charge in [-0.1, -0.05) is 42.5 Å². The van der Waals surface area contributed by atoms with Gasteiger partial charge >= 0.3 is 4.33 Å². The molecule has 1 spiro atoms. The molecular formula is C29H26N4OS2+2. The zero-order valence-electron chi connectivity index (χ0n) is 20.6. The predicted octanol–water partition coefficient (Wildman–Crippen LogP) is 9.00. The molecule has 4 aromatic carbocycles. The summed E-state index contributed by atoms with van der Waals surface area (Å²) in [7, 11) is 1.70. The Bertz CT molecular complexity index is 1550. The molecule has 2 aliphatic rings. The van der Waals surface area contributed by atoms with Gasteiger partial charge in [0.1, 0.15) is 17.1 Å². The number of para-hydroxylation sites is 2. The van der Waals surface area contributed by atoms with E-state index in [0.29, 0.717) is 0 Å². The lowest BCUT2D eigenvalue weighted by Gasteiger charge is -2.29. The molecule has 0 saturated carbocycles. The van der Waals surface area contributed by atoms with Gasteiger partial charge in [0.25, 0.3) is 0 Å². The van der Waals surface area contributed by atoms with E-state index >= 15 is 0 Å². The lowest BCUT2D eigenvalue weighted by molar-refractivity contribution is -0.751. The van der Waals surface area contributed by atoms with Crippen molar-refractivity contribution in [2.24, 2.45) is 10.2 Å². The smallest absolute Gasteiger partial charge is 0.497 e. The highest BCUT2D eigenvalue weighted by Crippen LogP contribution is 2.61. The van der Waals surface area contributed by atoms with Gasteiger partial charge in [0.15, 0.2) is 0 Å². The minimum Gasteiger partial charge on any atom is -0.497 e. The Balaban J connectivity index is 1.68. The number of rotatable bonds is 3. The molecule has 2 aliphatic heterocycles. The highest BCUT2D eigenvalue weighted by Gasteiger charge is 2.65. The number of ether oxygens (including phenoxy) is 1. The minimum absolute atomic E-state index is 0.720. The highest BCUT2D eigenvalue weighted by atomic mass is 32.2. The molecule has 7 heteroatoms. The summed E-state index contributed by atoms with van der Waals surface area (Å²) in [5.74, 6) is 0.803. The van der Waals surface area contributed by atoms with Gasteiger partial charge in [0.05, 0.1) is 40.4 Å². The fraction of sp³-hybridized carbons (Fsp3) is 0.172. The van der Waals surface area contributed by atoms with Crippen LogP contribution >= 0.6 is 23.5 Å². The summed E-state index contributed by atoms with van der Waals surface area (Å²) in [4.78, 5) is 2.30. The summed E-state index contributed by atoms with van der Waals surface area (Å²) < 4.78 is 9.11.